The van der Waals surface area contributed by atoms with Crippen LogP contribution in [-0.2, 0) is 4.79 Å². The third kappa shape index (κ3) is 4.80. The minimum Gasteiger partial charge on any atom is -0.467 e. The van der Waals surface area contributed by atoms with Gasteiger partial charge in [-0.3, -0.25) is 4.79 Å². The van der Waals surface area contributed by atoms with E-state index >= 15 is 0 Å². The standard InChI is InChI=1S/C17H15ClN4O2/c1-11-7-12(2)21-17(15(11)8-19)24-10-16(23)22-20-9-13-3-5-14(18)6-4-13/h3-7,9H,10H2,1-2H3,(H,22,23)/b20-9+. The van der Waals surface area contributed by atoms with Crippen molar-refractivity contribution >= 4 is 23.7 Å². The molecular formula is C17H15ClN4O2. The number of carbonyl (C=O) groups is 1. The first-order valence-electron chi connectivity index (χ1n) is 7.08. The van der Waals surface area contributed by atoms with Gasteiger partial charge in [-0.25, -0.2) is 10.4 Å². The Balaban J connectivity index is 1.92. The van der Waals surface area contributed by atoms with Gasteiger partial charge in [0.25, 0.3) is 5.91 Å². The number of amides is 1. The highest BCUT2D eigenvalue weighted by molar-refractivity contribution is 6.30. The average Bonchev–Trinajstić information content (AvgIpc) is 2.54. The van der Waals surface area contributed by atoms with Crippen molar-refractivity contribution in [3.63, 3.8) is 0 Å². The molecule has 6 nitrogen and oxygen atoms in total. The summed E-state index contributed by atoms with van der Waals surface area (Å²) in [6.45, 7) is 3.29. The molecule has 0 saturated heterocycles. The second-order valence-electron chi connectivity index (χ2n) is 5.01. The molecule has 0 aliphatic heterocycles. The van der Waals surface area contributed by atoms with Crippen LogP contribution in [0.4, 0.5) is 0 Å². The second-order valence-corrected chi connectivity index (χ2v) is 5.44. The van der Waals surface area contributed by atoms with Gasteiger partial charge in [0, 0.05) is 10.7 Å². The number of halogens is 1. The molecule has 24 heavy (non-hydrogen) atoms. The third-order valence-corrected chi connectivity index (χ3v) is 3.29. The first-order valence-corrected chi connectivity index (χ1v) is 7.46. The average molecular weight is 343 g/mol. The first-order chi connectivity index (χ1) is 11.5. The highest BCUT2D eigenvalue weighted by atomic mass is 35.5. The number of nitriles is 1. The topological polar surface area (TPSA) is 87.4 Å². The predicted octanol–water partition coefficient (Wildman–Crippen LogP) is 2.75. The maximum absolute atomic E-state index is 11.7. The van der Waals surface area contributed by atoms with Crippen LogP contribution in [0.3, 0.4) is 0 Å². The van der Waals surface area contributed by atoms with Crippen LogP contribution >= 0.6 is 11.6 Å². The van der Waals surface area contributed by atoms with Crippen LogP contribution in [-0.4, -0.2) is 23.7 Å². The molecule has 0 aliphatic carbocycles. The van der Waals surface area contributed by atoms with Crippen molar-refractivity contribution < 1.29 is 9.53 Å². The maximum Gasteiger partial charge on any atom is 0.278 e. The largest absolute Gasteiger partial charge is 0.467 e. The number of aromatic nitrogens is 1. The summed E-state index contributed by atoms with van der Waals surface area (Å²) in [6.07, 6.45) is 1.49. The number of nitrogens with zero attached hydrogens (tertiary/aromatic N) is 3. The Bertz CT molecular complexity index is 811. The minimum absolute atomic E-state index is 0.145. The van der Waals surface area contributed by atoms with Gasteiger partial charge in [-0.1, -0.05) is 23.7 Å². The Morgan fingerprint density at radius 1 is 1.42 bits per heavy atom. The lowest BCUT2D eigenvalue weighted by Gasteiger charge is -2.08. The van der Waals surface area contributed by atoms with E-state index in [1.807, 2.05) is 6.07 Å². The lowest BCUT2D eigenvalue weighted by atomic mass is 10.1. The number of hydrogen-bond donors (Lipinski definition) is 1. The molecule has 1 heterocycles. The molecular weight excluding hydrogens is 328 g/mol. The van der Waals surface area contributed by atoms with Crippen LogP contribution < -0.4 is 10.2 Å². The molecule has 1 aromatic heterocycles. The molecule has 0 bridgehead atoms. The SMILES string of the molecule is Cc1cc(C)c(C#N)c(OCC(=O)N/N=C/c2ccc(Cl)cc2)n1. The molecule has 0 unspecified atom stereocenters. The number of nitrogens with one attached hydrogen (secondary N) is 1. The van der Waals surface area contributed by atoms with E-state index in [4.69, 9.17) is 21.6 Å². The van der Waals surface area contributed by atoms with E-state index in [1.54, 1.807) is 44.2 Å². The molecule has 2 rings (SSSR count). The molecule has 1 N–H and O–H groups in total. The number of ether oxygens (including phenoxy) is 1. The van der Waals surface area contributed by atoms with Crippen molar-refractivity contribution in [1.29, 1.82) is 5.26 Å². The zero-order chi connectivity index (χ0) is 17.5. The fourth-order valence-electron chi connectivity index (χ4n) is 1.94. The maximum atomic E-state index is 11.7. The van der Waals surface area contributed by atoms with Gasteiger partial charge in [-0.2, -0.15) is 10.4 Å². The molecule has 1 aromatic carbocycles. The van der Waals surface area contributed by atoms with Crippen LogP contribution in [0.15, 0.2) is 35.4 Å². The van der Waals surface area contributed by atoms with Crippen LogP contribution in [0, 0.1) is 25.2 Å². The fraction of sp³-hybridized carbons (Fsp3) is 0.176. The van der Waals surface area contributed by atoms with Crippen LogP contribution in [0.2, 0.25) is 5.02 Å². The molecule has 0 radical (unpaired) electrons. The Hall–Kier alpha value is -2.91. The summed E-state index contributed by atoms with van der Waals surface area (Å²) in [5.74, 6) is -0.308. The monoisotopic (exact) mass is 342 g/mol. The molecule has 0 atom stereocenters. The quantitative estimate of drug-likeness (QED) is 0.668. The van der Waals surface area contributed by atoms with Gasteiger partial charge < -0.3 is 4.74 Å². The van der Waals surface area contributed by atoms with Gasteiger partial charge in [0.1, 0.15) is 11.6 Å². The summed E-state index contributed by atoms with van der Waals surface area (Å²) in [7, 11) is 0. The van der Waals surface area contributed by atoms with Gasteiger partial charge in [-0.15, -0.1) is 0 Å². The number of hydrogen-bond acceptors (Lipinski definition) is 5. The highest BCUT2D eigenvalue weighted by Gasteiger charge is 2.11. The molecule has 0 fully saturated rings. The molecule has 0 saturated carbocycles. The summed E-state index contributed by atoms with van der Waals surface area (Å²) >= 11 is 5.78. The summed E-state index contributed by atoms with van der Waals surface area (Å²) in [5.41, 5.74) is 4.92. The normalized spacial score (nSPS) is 10.4. The van der Waals surface area contributed by atoms with Gasteiger partial charge in [0.2, 0.25) is 5.88 Å². The van der Waals surface area contributed by atoms with Crippen molar-refractivity contribution in [2.75, 3.05) is 6.61 Å². The van der Waals surface area contributed by atoms with Crippen LogP contribution in [0.5, 0.6) is 5.88 Å². The Morgan fingerprint density at radius 3 is 2.79 bits per heavy atom. The molecule has 7 heteroatoms. The van der Waals surface area contributed by atoms with Gasteiger partial charge in [-0.05, 0) is 43.2 Å². The Morgan fingerprint density at radius 2 is 2.12 bits per heavy atom. The van der Waals surface area contributed by atoms with Gasteiger partial charge >= 0.3 is 0 Å². The Labute approximate surface area is 144 Å². The van der Waals surface area contributed by atoms with Crippen LogP contribution in [0.25, 0.3) is 0 Å². The van der Waals surface area contributed by atoms with Crippen molar-refractivity contribution in [1.82, 2.24) is 10.4 Å². The third-order valence-electron chi connectivity index (χ3n) is 3.04. The summed E-state index contributed by atoms with van der Waals surface area (Å²) in [4.78, 5) is 15.9. The molecule has 0 aliphatic rings. The van der Waals surface area contributed by atoms with Gasteiger partial charge in [0.15, 0.2) is 6.61 Å². The summed E-state index contributed by atoms with van der Waals surface area (Å²) in [5, 5.41) is 13.6. The van der Waals surface area contributed by atoms with E-state index in [1.165, 1.54) is 6.21 Å². The molecule has 1 amide bonds. The first kappa shape index (κ1) is 17.4. The summed E-state index contributed by atoms with van der Waals surface area (Å²) < 4.78 is 5.33. The predicted molar refractivity (Wildman–Crippen MR) is 91.1 cm³/mol. The van der Waals surface area contributed by atoms with Crippen LogP contribution in [0.1, 0.15) is 22.4 Å². The number of benzene rings is 1. The van der Waals surface area contributed by atoms with E-state index in [2.05, 4.69) is 15.5 Å². The number of rotatable bonds is 5. The smallest absolute Gasteiger partial charge is 0.278 e. The number of carbonyl (C=O) groups excluding carboxylic acids is 1. The van der Waals surface area contributed by atoms with Crippen molar-refractivity contribution in [3.05, 3.63) is 57.7 Å². The minimum atomic E-state index is -0.454. The Kier molecular flexibility index (Phi) is 5.88. The second kappa shape index (κ2) is 8.09. The molecule has 122 valence electrons. The van der Waals surface area contributed by atoms with E-state index in [0.717, 1.165) is 11.1 Å². The van der Waals surface area contributed by atoms with E-state index in [-0.39, 0.29) is 12.5 Å². The zero-order valence-corrected chi connectivity index (χ0v) is 14.0. The number of aryl methyl sites for hydroxylation is 2. The molecule has 2 aromatic rings. The summed E-state index contributed by atoms with van der Waals surface area (Å²) in [6, 6.07) is 10.8. The lowest BCUT2D eigenvalue weighted by Crippen LogP contribution is -2.25. The number of pyridine rings is 1. The van der Waals surface area contributed by atoms with Gasteiger partial charge in [0.05, 0.1) is 6.21 Å². The van der Waals surface area contributed by atoms with Crippen molar-refractivity contribution in [2.45, 2.75) is 13.8 Å². The van der Waals surface area contributed by atoms with Crippen molar-refractivity contribution in [2.24, 2.45) is 5.10 Å². The molecule has 0 spiro atoms. The van der Waals surface area contributed by atoms with E-state index < -0.39 is 5.91 Å². The van der Waals surface area contributed by atoms with E-state index in [0.29, 0.717) is 16.3 Å². The fourth-order valence-corrected chi connectivity index (χ4v) is 2.06. The van der Waals surface area contributed by atoms with Crippen molar-refractivity contribution in [3.8, 4) is 11.9 Å². The van der Waals surface area contributed by atoms with E-state index in [9.17, 15) is 4.79 Å². The zero-order valence-electron chi connectivity index (χ0n) is 13.2. The lowest BCUT2D eigenvalue weighted by molar-refractivity contribution is -0.123. The highest BCUT2D eigenvalue weighted by Crippen LogP contribution is 2.19. The number of hydrazone groups is 1.